The quantitative estimate of drug-likeness (QED) is 0.571. The van der Waals surface area contributed by atoms with Crippen LogP contribution in [0.3, 0.4) is 0 Å². The summed E-state index contributed by atoms with van der Waals surface area (Å²) in [7, 11) is 0. The number of ether oxygens (including phenoxy) is 2. The summed E-state index contributed by atoms with van der Waals surface area (Å²) in [6.07, 6.45) is 0. The SMILES string of the molecule is CCOc1ccc([C@H](C)NC(=O)c2cccc([N+](=O)[O-])c2)cc1OCC. The van der Waals surface area contributed by atoms with Crippen molar-refractivity contribution in [2.75, 3.05) is 13.2 Å². The zero-order valence-electron chi connectivity index (χ0n) is 15.0. The highest BCUT2D eigenvalue weighted by Crippen LogP contribution is 2.30. The van der Waals surface area contributed by atoms with Gasteiger partial charge < -0.3 is 14.8 Å². The van der Waals surface area contributed by atoms with E-state index in [-0.39, 0.29) is 23.2 Å². The van der Waals surface area contributed by atoms with Crippen molar-refractivity contribution in [3.63, 3.8) is 0 Å². The molecule has 0 aromatic heterocycles. The molecule has 0 aliphatic rings. The summed E-state index contributed by atoms with van der Waals surface area (Å²) in [5, 5.41) is 13.7. The molecule has 7 heteroatoms. The van der Waals surface area contributed by atoms with Crippen molar-refractivity contribution < 1.29 is 19.2 Å². The molecule has 1 amide bonds. The summed E-state index contributed by atoms with van der Waals surface area (Å²) in [6, 6.07) is 10.8. The number of carbonyl (C=O) groups excluding carboxylic acids is 1. The third kappa shape index (κ3) is 4.72. The molecule has 0 unspecified atom stereocenters. The topological polar surface area (TPSA) is 90.7 Å². The van der Waals surface area contributed by atoms with E-state index < -0.39 is 4.92 Å². The maximum absolute atomic E-state index is 12.4. The number of non-ortho nitro benzene ring substituents is 1. The van der Waals surface area contributed by atoms with Crippen molar-refractivity contribution >= 4 is 11.6 Å². The van der Waals surface area contributed by atoms with Gasteiger partial charge in [0.05, 0.1) is 24.2 Å². The summed E-state index contributed by atoms with van der Waals surface area (Å²) in [5.41, 5.74) is 0.961. The summed E-state index contributed by atoms with van der Waals surface area (Å²) < 4.78 is 11.1. The van der Waals surface area contributed by atoms with Crippen molar-refractivity contribution in [2.24, 2.45) is 0 Å². The first kappa shape index (κ1) is 19.2. The Balaban J connectivity index is 2.17. The number of nitrogens with one attached hydrogen (secondary N) is 1. The number of hydrogen-bond acceptors (Lipinski definition) is 5. The van der Waals surface area contributed by atoms with Crippen molar-refractivity contribution in [3.05, 3.63) is 63.7 Å². The molecule has 0 fully saturated rings. The maximum Gasteiger partial charge on any atom is 0.270 e. The molecule has 138 valence electrons. The molecule has 1 atom stereocenters. The Bertz CT molecular complexity index is 791. The Morgan fingerprint density at radius 1 is 1.12 bits per heavy atom. The number of rotatable bonds is 8. The second kappa shape index (κ2) is 8.84. The van der Waals surface area contributed by atoms with Crippen LogP contribution in [0.5, 0.6) is 11.5 Å². The lowest BCUT2D eigenvalue weighted by Gasteiger charge is -2.17. The summed E-state index contributed by atoms with van der Waals surface area (Å²) in [6.45, 7) is 6.64. The van der Waals surface area contributed by atoms with Crippen LogP contribution in [0.1, 0.15) is 42.7 Å². The van der Waals surface area contributed by atoms with Crippen LogP contribution in [-0.2, 0) is 0 Å². The Morgan fingerprint density at radius 3 is 2.46 bits per heavy atom. The zero-order chi connectivity index (χ0) is 19.1. The molecule has 0 saturated carbocycles. The van der Waals surface area contributed by atoms with Crippen molar-refractivity contribution in [2.45, 2.75) is 26.8 Å². The van der Waals surface area contributed by atoms with E-state index >= 15 is 0 Å². The van der Waals surface area contributed by atoms with Crippen LogP contribution < -0.4 is 14.8 Å². The summed E-state index contributed by atoms with van der Waals surface area (Å²) in [4.78, 5) is 22.7. The predicted octanol–water partition coefficient (Wildman–Crippen LogP) is 3.88. The second-order valence-corrected chi connectivity index (χ2v) is 5.57. The van der Waals surface area contributed by atoms with Gasteiger partial charge >= 0.3 is 0 Å². The van der Waals surface area contributed by atoms with Crippen LogP contribution in [0, 0.1) is 10.1 Å². The number of nitrogens with zero attached hydrogens (tertiary/aromatic N) is 1. The predicted molar refractivity (Wildman–Crippen MR) is 97.8 cm³/mol. The van der Waals surface area contributed by atoms with Gasteiger partial charge in [0.15, 0.2) is 11.5 Å². The molecular weight excluding hydrogens is 336 g/mol. The van der Waals surface area contributed by atoms with Gasteiger partial charge in [0, 0.05) is 17.7 Å². The minimum atomic E-state index is -0.527. The van der Waals surface area contributed by atoms with Crippen LogP contribution in [0.25, 0.3) is 0 Å². The lowest BCUT2D eigenvalue weighted by Crippen LogP contribution is -2.26. The lowest BCUT2D eigenvalue weighted by molar-refractivity contribution is -0.384. The van der Waals surface area contributed by atoms with Gasteiger partial charge in [-0.25, -0.2) is 0 Å². The summed E-state index contributed by atoms with van der Waals surface area (Å²) >= 11 is 0. The van der Waals surface area contributed by atoms with E-state index in [0.717, 1.165) is 5.56 Å². The fraction of sp³-hybridized carbons (Fsp3) is 0.316. The largest absolute Gasteiger partial charge is 0.490 e. The molecule has 0 aliphatic carbocycles. The highest BCUT2D eigenvalue weighted by Gasteiger charge is 2.16. The molecule has 2 aromatic rings. The maximum atomic E-state index is 12.4. The zero-order valence-corrected chi connectivity index (χ0v) is 15.0. The van der Waals surface area contributed by atoms with Crippen LogP contribution in [0.4, 0.5) is 5.69 Å². The third-order valence-electron chi connectivity index (χ3n) is 3.73. The van der Waals surface area contributed by atoms with E-state index in [1.807, 2.05) is 32.9 Å². The fourth-order valence-corrected chi connectivity index (χ4v) is 2.46. The van der Waals surface area contributed by atoms with Crippen LogP contribution in [0.2, 0.25) is 0 Å². The van der Waals surface area contributed by atoms with E-state index in [1.54, 1.807) is 12.1 Å². The monoisotopic (exact) mass is 358 g/mol. The van der Waals surface area contributed by atoms with E-state index in [2.05, 4.69) is 5.32 Å². The van der Waals surface area contributed by atoms with Gasteiger partial charge in [-0.15, -0.1) is 0 Å². The summed E-state index contributed by atoms with van der Waals surface area (Å²) in [5.74, 6) is 0.881. The van der Waals surface area contributed by atoms with Gasteiger partial charge in [-0.1, -0.05) is 12.1 Å². The number of carbonyl (C=O) groups is 1. The van der Waals surface area contributed by atoms with Crippen molar-refractivity contribution in [1.29, 1.82) is 0 Å². The first-order valence-electron chi connectivity index (χ1n) is 8.41. The van der Waals surface area contributed by atoms with Gasteiger partial charge in [0.1, 0.15) is 0 Å². The van der Waals surface area contributed by atoms with E-state index in [1.165, 1.54) is 18.2 Å². The Morgan fingerprint density at radius 2 is 1.81 bits per heavy atom. The van der Waals surface area contributed by atoms with Crippen LogP contribution >= 0.6 is 0 Å². The van der Waals surface area contributed by atoms with Gasteiger partial charge in [-0.3, -0.25) is 14.9 Å². The number of hydrogen-bond donors (Lipinski definition) is 1. The first-order valence-corrected chi connectivity index (χ1v) is 8.41. The molecular formula is C19H22N2O5. The van der Waals surface area contributed by atoms with E-state index in [9.17, 15) is 14.9 Å². The third-order valence-corrected chi connectivity index (χ3v) is 3.73. The molecule has 26 heavy (non-hydrogen) atoms. The van der Waals surface area contributed by atoms with Crippen molar-refractivity contribution in [1.82, 2.24) is 5.32 Å². The molecule has 0 radical (unpaired) electrons. The van der Waals surface area contributed by atoms with E-state index in [4.69, 9.17) is 9.47 Å². The molecule has 0 aliphatic heterocycles. The highest BCUT2D eigenvalue weighted by molar-refractivity contribution is 5.95. The molecule has 0 saturated heterocycles. The lowest BCUT2D eigenvalue weighted by atomic mass is 10.1. The molecule has 0 bridgehead atoms. The Kier molecular flexibility index (Phi) is 6.54. The average Bonchev–Trinajstić information content (AvgIpc) is 2.63. The van der Waals surface area contributed by atoms with Gasteiger partial charge in [0.2, 0.25) is 0 Å². The number of amides is 1. The standard InChI is InChI=1S/C19H22N2O5/c1-4-25-17-10-9-14(12-18(17)26-5-2)13(3)20-19(22)15-7-6-8-16(11-15)21(23)24/h6-13H,4-5H2,1-3H3,(H,20,22)/t13-/m0/s1. The smallest absolute Gasteiger partial charge is 0.270 e. The van der Waals surface area contributed by atoms with Crippen molar-refractivity contribution in [3.8, 4) is 11.5 Å². The first-order chi connectivity index (χ1) is 12.5. The van der Waals surface area contributed by atoms with Crippen LogP contribution in [-0.4, -0.2) is 24.0 Å². The Labute approximate surface area is 152 Å². The van der Waals surface area contributed by atoms with E-state index in [0.29, 0.717) is 24.7 Å². The highest BCUT2D eigenvalue weighted by atomic mass is 16.6. The fourth-order valence-electron chi connectivity index (χ4n) is 2.46. The molecule has 2 aromatic carbocycles. The van der Waals surface area contributed by atoms with Gasteiger partial charge in [-0.05, 0) is 44.5 Å². The second-order valence-electron chi connectivity index (χ2n) is 5.57. The number of nitro benzene ring substituents is 1. The van der Waals surface area contributed by atoms with Gasteiger partial charge in [-0.2, -0.15) is 0 Å². The molecule has 2 rings (SSSR count). The van der Waals surface area contributed by atoms with Crippen LogP contribution in [0.15, 0.2) is 42.5 Å². The minimum Gasteiger partial charge on any atom is -0.490 e. The molecule has 1 N–H and O–H groups in total. The van der Waals surface area contributed by atoms with Gasteiger partial charge in [0.25, 0.3) is 11.6 Å². The number of benzene rings is 2. The average molecular weight is 358 g/mol. The number of nitro groups is 1. The normalized spacial score (nSPS) is 11.5. The molecule has 7 nitrogen and oxygen atoms in total. The minimum absolute atomic E-state index is 0.120. The molecule has 0 spiro atoms. The Hall–Kier alpha value is -3.09. The molecule has 0 heterocycles.